The number of carbonyl (C=O) groups excluding carboxylic acids is 3. The molecule has 1 unspecified atom stereocenters. The standard InChI is InChI=1S/C22H23BrN2O3/c1-4-14-9-10-18(17(23)12-14)24-20(26)19(11-13(2)3)25-21(27)15-7-5-6-8-16(15)22(25)28/h5-10,12-13,19H,4,11H2,1-3H3,(H,24,26). The number of amides is 3. The van der Waals surface area contributed by atoms with Gasteiger partial charge in [-0.1, -0.05) is 39.0 Å². The van der Waals surface area contributed by atoms with Gasteiger partial charge in [0.25, 0.3) is 11.8 Å². The number of benzene rings is 2. The molecular weight excluding hydrogens is 420 g/mol. The number of hydrogen-bond donors (Lipinski definition) is 1. The van der Waals surface area contributed by atoms with Gasteiger partial charge in [-0.15, -0.1) is 0 Å². The topological polar surface area (TPSA) is 66.5 Å². The predicted molar refractivity (Wildman–Crippen MR) is 112 cm³/mol. The highest BCUT2D eigenvalue weighted by molar-refractivity contribution is 9.10. The molecule has 0 aliphatic carbocycles. The van der Waals surface area contributed by atoms with Crippen molar-refractivity contribution < 1.29 is 14.4 Å². The molecule has 3 rings (SSSR count). The van der Waals surface area contributed by atoms with Crippen LogP contribution in [0.1, 0.15) is 53.5 Å². The van der Waals surface area contributed by atoms with Crippen LogP contribution >= 0.6 is 15.9 Å². The maximum Gasteiger partial charge on any atom is 0.262 e. The lowest BCUT2D eigenvalue weighted by Gasteiger charge is -2.27. The molecule has 0 fully saturated rings. The highest BCUT2D eigenvalue weighted by Crippen LogP contribution is 2.29. The van der Waals surface area contributed by atoms with Crippen LogP contribution in [0.4, 0.5) is 5.69 Å². The average molecular weight is 443 g/mol. The Morgan fingerprint density at radius 2 is 1.68 bits per heavy atom. The van der Waals surface area contributed by atoms with E-state index in [2.05, 4.69) is 28.2 Å². The summed E-state index contributed by atoms with van der Waals surface area (Å²) in [5, 5.41) is 2.88. The average Bonchev–Trinajstić information content (AvgIpc) is 2.92. The van der Waals surface area contributed by atoms with Crippen molar-refractivity contribution >= 4 is 39.3 Å². The van der Waals surface area contributed by atoms with Crippen molar-refractivity contribution in [2.45, 2.75) is 39.7 Å². The lowest BCUT2D eigenvalue weighted by Crippen LogP contribution is -2.48. The SMILES string of the molecule is CCc1ccc(NC(=O)C(CC(C)C)N2C(=O)c3ccccc3C2=O)c(Br)c1. The number of hydrogen-bond acceptors (Lipinski definition) is 3. The molecule has 3 amide bonds. The summed E-state index contributed by atoms with van der Waals surface area (Å²) in [6, 6.07) is 11.5. The Hall–Kier alpha value is -2.47. The van der Waals surface area contributed by atoms with Gasteiger partial charge in [-0.25, -0.2) is 0 Å². The highest BCUT2D eigenvalue weighted by Gasteiger charge is 2.42. The fraction of sp³-hybridized carbons (Fsp3) is 0.318. The van der Waals surface area contributed by atoms with Gasteiger partial charge in [0.1, 0.15) is 6.04 Å². The zero-order chi connectivity index (χ0) is 20.4. The second-order valence-electron chi connectivity index (χ2n) is 7.33. The highest BCUT2D eigenvalue weighted by atomic mass is 79.9. The van der Waals surface area contributed by atoms with Crippen LogP contribution in [0, 0.1) is 5.92 Å². The van der Waals surface area contributed by atoms with E-state index in [0.29, 0.717) is 23.2 Å². The summed E-state index contributed by atoms with van der Waals surface area (Å²) >= 11 is 3.48. The molecule has 2 aromatic rings. The number of fused-ring (bicyclic) bond motifs is 1. The Bertz CT molecular complexity index is 904. The second kappa shape index (κ2) is 8.27. The van der Waals surface area contributed by atoms with E-state index in [1.165, 1.54) is 0 Å². The van der Waals surface area contributed by atoms with Gasteiger partial charge in [-0.05, 0) is 64.5 Å². The summed E-state index contributed by atoms with van der Waals surface area (Å²) < 4.78 is 0.769. The van der Waals surface area contributed by atoms with Crippen LogP contribution in [0.15, 0.2) is 46.9 Å². The van der Waals surface area contributed by atoms with Crippen molar-refractivity contribution in [3.05, 3.63) is 63.6 Å². The van der Waals surface area contributed by atoms with E-state index in [1.807, 2.05) is 32.0 Å². The first-order valence-corrected chi connectivity index (χ1v) is 10.2. The summed E-state index contributed by atoms with van der Waals surface area (Å²) in [6.07, 6.45) is 1.28. The molecule has 1 aliphatic rings. The summed E-state index contributed by atoms with van der Waals surface area (Å²) in [4.78, 5) is 39.9. The van der Waals surface area contributed by atoms with Crippen LogP contribution < -0.4 is 5.32 Å². The van der Waals surface area contributed by atoms with Gasteiger partial charge in [-0.2, -0.15) is 0 Å². The third-order valence-corrected chi connectivity index (χ3v) is 5.49. The second-order valence-corrected chi connectivity index (χ2v) is 8.18. The van der Waals surface area contributed by atoms with Crippen molar-refractivity contribution in [3.8, 4) is 0 Å². The first kappa shape index (κ1) is 20.3. The molecule has 0 radical (unpaired) electrons. The predicted octanol–water partition coefficient (Wildman–Crippen LogP) is 4.66. The number of anilines is 1. The van der Waals surface area contributed by atoms with Crippen LogP contribution in [0.5, 0.6) is 0 Å². The van der Waals surface area contributed by atoms with E-state index >= 15 is 0 Å². The minimum atomic E-state index is -0.870. The van der Waals surface area contributed by atoms with Crippen molar-refractivity contribution in [1.82, 2.24) is 4.90 Å². The van der Waals surface area contributed by atoms with Gasteiger partial charge in [0.05, 0.1) is 16.8 Å². The molecule has 6 heteroatoms. The summed E-state index contributed by atoms with van der Waals surface area (Å²) in [5.74, 6) is -1.07. The Morgan fingerprint density at radius 1 is 1.07 bits per heavy atom. The molecule has 0 bridgehead atoms. The van der Waals surface area contributed by atoms with Crippen molar-refractivity contribution in [1.29, 1.82) is 0 Å². The molecule has 0 aromatic heterocycles. The number of halogens is 1. The van der Waals surface area contributed by atoms with Crippen LogP contribution in [0.2, 0.25) is 0 Å². The van der Waals surface area contributed by atoms with Gasteiger partial charge in [-0.3, -0.25) is 19.3 Å². The normalized spacial score (nSPS) is 14.4. The minimum Gasteiger partial charge on any atom is -0.323 e. The third kappa shape index (κ3) is 3.87. The maximum atomic E-state index is 13.1. The smallest absolute Gasteiger partial charge is 0.262 e. The van der Waals surface area contributed by atoms with Gasteiger partial charge in [0, 0.05) is 4.47 Å². The molecular formula is C22H23BrN2O3. The van der Waals surface area contributed by atoms with E-state index in [-0.39, 0.29) is 11.8 Å². The number of imide groups is 1. The Balaban J connectivity index is 1.90. The first-order valence-electron chi connectivity index (χ1n) is 9.39. The molecule has 2 aromatic carbocycles. The number of carbonyl (C=O) groups is 3. The van der Waals surface area contributed by atoms with Crippen LogP contribution in [-0.4, -0.2) is 28.7 Å². The molecule has 1 heterocycles. The largest absolute Gasteiger partial charge is 0.323 e. The van der Waals surface area contributed by atoms with Gasteiger partial charge in [0.2, 0.25) is 5.91 Å². The van der Waals surface area contributed by atoms with Crippen LogP contribution in [0.3, 0.4) is 0 Å². The minimum absolute atomic E-state index is 0.131. The molecule has 146 valence electrons. The fourth-order valence-electron chi connectivity index (χ4n) is 3.36. The lowest BCUT2D eigenvalue weighted by molar-refractivity contribution is -0.120. The van der Waals surface area contributed by atoms with Gasteiger partial charge in [0.15, 0.2) is 0 Å². The first-order chi connectivity index (χ1) is 13.3. The van der Waals surface area contributed by atoms with Gasteiger partial charge >= 0.3 is 0 Å². The molecule has 0 saturated carbocycles. The third-order valence-electron chi connectivity index (χ3n) is 4.83. The van der Waals surface area contributed by atoms with Crippen molar-refractivity contribution in [2.75, 3.05) is 5.32 Å². The Labute approximate surface area is 173 Å². The molecule has 5 nitrogen and oxygen atoms in total. The zero-order valence-electron chi connectivity index (χ0n) is 16.2. The lowest BCUT2D eigenvalue weighted by atomic mass is 10.0. The fourth-order valence-corrected chi connectivity index (χ4v) is 3.89. The summed E-state index contributed by atoms with van der Waals surface area (Å²) in [5.41, 5.74) is 2.46. The monoisotopic (exact) mass is 442 g/mol. The Morgan fingerprint density at radius 3 is 2.18 bits per heavy atom. The van der Waals surface area contributed by atoms with Crippen LogP contribution in [0.25, 0.3) is 0 Å². The molecule has 28 heavy (non-hydrogen) atoms. The molecule has 1 N–H and O–H groups in total. The maximum absolute atomic E-state index is 13.1. The number of nitrogens with one attached hydrogen (secondary N) is 1. The summed E-state index contributed by atoms with van der Waals surface area (Å²) in [6.45, 7) is 5.98. The van der Waals surface area contributed by atoms with E-state index in [1.54, 1.807) is 24.3 Å². The molecule has 1 atom stereocenters. The van der Waals surface area contributed by atoms with Crippen molar-refractivity contribution in [2.24, 2.45) is 5.92 Å². The zero-order valence-corrected chi connectivity index (χ0v) is 17.7. The van der Waals surface area contributed by atoms with Crippen LogP contribution in [-0.2, 0) is 11.2 Å². The van der Waals surface area contributed by atoms with E-state index in [9.17, 15) is 14.4 Å². The van der Waals surface area contributed by atoms with Gasteiger partial charge < -0.3 is 5.32 Å². The number of nitrogens with zero attached hydrogens (tertiary/aromatic N) is 1. The quantitative estimate of drug-likeness (QED) is 0.661. The summed E-state index contributed by atoms with van der Waals surface area (Å²) in [7, 11) is 0. The molecule has 1 aliphatic heterocycles. The Kier molecular flexibility index (Phi) is 5.98. The molecule has 0 spiro atoms. The molecule has 0 saturated heterocycles. The van der Waals surface area contributed by atoms with E-state index in [0.717, 1.165) is 21.4 Å². The number of rotatable bonds is 6. The van der Waals surface area contributed by atoms with Crippen molar-refractivity contribution in [3.63, 3.8) is 0 Å². The van der Waals surface area contributed by atoms with E-state index in [4.69, 9.17) is 0 Å². The van der Waals surface area contributed by atoms with E-state index < -0.39 is 17.9 Å². The number of aryl methyl sites for hydroxylation is 1.